The second-order valence-electron chi connectivity index (χ2n) is 5.40. The Morgan fingerprint density at radius 1 is 1.12 bits per heavy atom. The number of nitrogens with zero attached hydrogens (tertiary/aromatic N) is 2. The fourth-order valence-corrected chi connectivity index (χ4v) is 2.77. The zero-order valence-corrected chi connectivity index (χ0v) is 14.1. The molecule has 0 radical (unpaired) electrons. The maximum Gasteiger partial charge on any atom is 0.280 e. The highest BCUT2D eigenvalue weighted by molar-refractivity contribution is 7.47. The Hall–Kier alpha value is -3.13. The average molecular weight is 354 g/mol. The number of fused-ring (bicyclic) bond motifs is 1. The molecule has 126 valence electrons. The number of hydrazine groups is 1. The SMILES string of the molecule is CNc1ccc(CC(=O)NN2C(=O)c3ccccc3C2=O)cc1N=S. The van der Waals surface area contributed by atoms with E-state index in [0.717, 1.165) is 10.7 Å². The lowest BCUT2D eigenvalue weighted by atomic mass is 10.1. The predicted molar refractivity (Wildman–Crippen MR) is 94.2 cm³/mol. The Morgan fingerprint density at radius 3 is 2.32 bits per heavy atom. The molecular weight excluding hydrogens is 340 g/mol. The summed E-state index contributed by atoms with van der Waals surface area (Å²) in [6.45, 7) is 0. The highest BCUT2D eigenvalue weighted by Crippen LogP contribution is 2.26. The molecule has 0 spiro atoms. The van der Waals surface area contributed by atoms with E-state index < -0.39 is 17.7 Å². The molecule has 1 aliphatic heterocycles. The van der Waals surface area contributed by atoms with E-state index in [0.29, 0.717) is 11.3 Å². The molecule has 0 saturated heterocycles. The van der Waals surface area contributed by atoms with E-state index in [4.69, 9.17) is 12.4 Å². The number of carbonyl (C=O) groups is 3. The molecular formula is C17H14N4O3S. The van der Waals surface area contributed by atoms with Gasteiger partial charge < -0.3 is 5.32 Å². The summed E-state index contributed by atoms with van der Waals surface area (Å²) in [5.74, 6) is -1.57. The number of rotatable bonds is 5. The van der Waals surface area contributed by atoms with Crippen LogP contribution in [0.1, 0.15) is 26.3 Å². The van der Waals surface area contributed by atoms with Crippen molar-refractivity contribution in [3.8, 4) is 0 Å². The van der Waals surface area contributed by atoms with E-state index in [9.17, 15) is 14.4 Å². The van der Waals surface area contributed by atoms with Crippen LogP contribution < -0.4 is 10.7 Å². The molecule has 0 aromatic heterocycles. The molecule has 0 fully saturated rings. The summed E-state index contributed by atoms with van der Waals surface area (Å²) in [5, 5.41) is 3.69. The van der Waals surface area contributed by atoms with Crippen molar-refractivity contribution >= 4 is 41.5 Å². The van der Waals surface area contributed by atoms with Crippen LogP contribution in [-0.2, 0) is 23.6 Å². The van der Waals surface area contributed by atoms with E-state index >= 15 is 0 Å². The molecule has 25 heavy (non-hydrogen) atoms. The van der Waals surface area contributed by atoms with Crippen molar-refractivity contribution in [2.24, 2.45) is 4.36 Å². The summed E-state index contributed by atoms with van der Waals surface area (Å²) in [4.78, 5) is 36.7. The van der Waals surface area contributed by atoms with Gasteiger partial charge in [0.25, 0.3) is 11.8 Å². The van der Waals surface area contributed by atoms with Crippen molar-refractivity contribution < 1.29 is 14.4 Å². The maximum atomic E-state index is 12.2. The molecule has 0 atom stereocenters. The number of hydrogen-bond acceptors (Lipinski definition) is 6. The molecule has 0 aliphatic carbocycles. The fraction of sp³-hybridized carbons (Fsp3) is 0.118. The standard InChI is InChI=1S/C17H14N4O3S/c1-18-13-7-6-10(8-14(13)20-25)9-15(22)19-21-16(23)11-4-2-3-5-12(11)17(21)24/h2-8,18H,9H2,1H3,(H,19,22). The molecule has 8 heteroatoms. The van der Waals surface area contributed by atoms with E-state index in [1.165, 1.54) is 0 Å². The minimum Gasteiger partial charge on any atom is -0.386 e. The molecule has 0 bridgehead atoms. The van der Waals surface area contributed by atoms with Crippen molar-refractivity contribution in [2.45, 2.75) is 6.42 Å². The number of imide groups is 1. The second-order valence-corrected chi connectivity index (χ2v) is 5.58. The van der Waals surface area contributed by atoms with Crippen LogP contribution in [0.15, 0.2) is 46.8 Å². The van der Waals surface area contributed by atoms with Gasteiger partial charge in [-0.3, -0.25) is 19.8 Å². The molecule has 7 nitrogen and oxygen atoms in total. The van der Waals surface area contributed by atoms with Crippen LogP contribution in [0.5, 0.6) is 0 Å². The van der Waals surface area contributed by atoms with Gasteiger partial charge in [-0.25, -0.2) is 0 Å². The quantitative estimate of drug-likeness (QED) is 0.801. The third kappa shape index (κ3) is 3.11. The van der Waals surface area contributed by atoms with Gasteiger partial charge in [0.1, 0.15) is 5.69 Å². The Bertz CT molecular complexity index is 862. The van der Waals surface area contributed by atoms with Gasteiger partial charge in [0.05, 0.1) is 23.2 Å². The third-order valence-corrected chi connectivity index (χ3v) is 4.02. The van der Waals surface area contributed by atoms with Gasteiger partial charge in [0.2, 0.25) is 5.91 Å². The van der Waals surface area contributed by atoms with Crippen LogP contribution in [-0.4, -0.2) is 29.8 Å². The molecule has 2 N–H and O–H groups in total. The summed E-state index contributed by atoms with van der Waals surface area (Å²) in [6.07, 6.45) is -0.0186. The summed E-state index contributed by atoms with van der Waals surface area (Å²) in [5.41, 5.74) is 4.87. The fourth-order valence-electron chi connectivity index (χ4n) is 2.61. The lowest BCUT2D eigenvalue weighted by Crippen LogP contribution is -2.46. The van der Waals surface area contributed by atoms with Crippen molar-refractivity contribution in [3.05, 3.63) is 59.2 Å². The minimum absolute atomic E-state index is 0.0186. The van der Waals surface area contributed by atoms with Gasteiger partial charge in [-0.15, -0.1) is 0 Å². The van der Waals surface area contributed by atoms with Crippen molar-refractivity contribution in [2.75, 3.05) is 12.4 Å². The normalized spacial score (nSPS) is 12.8. The van der Waals surface area contributed by atoms with Gasteiger partial charge in [-0.2, -0.15) is 9.37 Å². The summed E-state index contributed by atoms with van der Waals surface area (Å²) in [7, 11) is 1.74. The largest absolute Gasteiger partial charge is 0.386 e. The van der Waals surface area contributed by atoms with Gasteiger partial charge in [-0.05, 0) is 29.8 Å². The Kier molecular flexibility index (Phi) is 4.53. The zero-order chi connectivity index (χ0) is 18.0. The molecule has 2 aromatic carbocycles. The molecule has 2 aromatic rings. The van der Waals surface area contributed by atoms with Crippen molar-refractivity contribution in [1.82, 2.24) is 10.4 Å². The first kappa shape index (κ1) is 16.7. The van der Waals surface area contributed by atoms with Crippen LogP contribution in [0.25, 0.3) is 0 Å². The van der Waals surface area contributed by atoms with Crippen molar-refractivity contribution in [3.63, 3.8) is 0 Å². The van der Waals surface area contributed by atoms with Gasteiger partial charge >= 0.3 is 0 Å². The molecule has 1 heterocycles. The van der Waals surface area contributed by atoms with Crippen LogP contribution >= 0.6 is 0 Å². The number of amides is 3. The average Bonchev–Trinajstić information content (AvgIpc) is 2.87. The Balaban J connectivity index is 1.73. The first-order valence-electron chi connectivity index (χ1n) is 7.46. The predicted octanol–water partition coefficient (Wildman–Crippen LogP) is 1.96. The highest BCUT2D eigenvalue weighted by atomic mass is 32.1. The number of anilines is 1. The van der Waals surface area contributed by atoms with E-state index in [1.54, 1.807) is 49.5 Å². The molecule has 0 saturated carbocycles. The second kappa shape index (κ2) is 6.78. The monoisotopic (exact) mass is 354 g/mol. The van der Waals surface area contributed by atoms with Crippen LogP contribution in [0.3, 0.4) is 0 Å². The molecule has 1 aliphatic rings. The van der Waals surface area contributed by atoms with E-state index in [-0.39, 0.29) is 17.5 Å². The first-order chi connectivity index (χ1) is 12.0. The zero-order valence-electron chi connectivity index (χ0n) is 13.3. The maximum absolute atomic E-state index is 12.2. The van der Waals surface area contributed by atoms with E-state index in [1.807, 2.05) is 0 Å². The smallest absolute Gasteiger partial charge is 0.280 e. The number of benzene rings is 2. The highest BCUT2D eigenvalue weighted by Gasteiger charge is 2.36. The van der Waals surface area contributed by atoms with Gasteiger partial charge in [0, 0.05) is 19.5 Å². The van der Waals surface area contributed by atoms with Gasteiger partial charge in [-0.1, -0.05) is 18.2 Å². The Labute approximate surface area is 149 Å². The van der Waals surface area contributed by atoms with Crippen LogP contribution in [0.4, 0.5) is 11.4 Å². The lowest BCUT2D eigenvalue weighted by Gasteiger charge is -2.15. The van der Waals surface area contributed by atoms with Gasteiger partial charge in [0.15, 0.2) is 0 Å². The molecule has 0 unspecified atom stereocenters. The Morgan fingerprint density at radius 2 is 1.76 bits per heavy atom. The summed E-state index contributed by atoms with van der Waals surface area (Å²) < 4.78 is 3.73. The topological polar surface area (TPSA) is 90.9 Å². The van der Waals surface area contributed by atoms with Crippen LogP contribution in [0.2, 0.25) is 0 Å². The number of hydrogen-bond donors (Lipinski definition) is 2. The number of nitrogens with one attached hydrogen (secondary N) is 2. The number of carbonyl (C=O) groups excluding carboxylic acids is 3. The van der Waals surface area contributed by atoms with E-state index in [2.05, 4.69) is 15.1 Å². The third-order valence-electron chi connectivity index (χ3n) is 3.83. The minimum atomic E-state index is -0.541. The lowest BCUT2D eigenvalue weighted by molar-refractivity contribution is -0.123. The van der Waals surface area contributed by atoms with Crippen molar-refractivity contribution in [1.29, 1.82) is 0 Å². The van der Waals surface area contributed by atoms with Crippen LogP contribution in [0, 0.1) is 0 Å². The summed E-state index contributed by atoms with van der Waals surface area (Å²) in [6, 6.07) is 11.6. The molecule has 3 rings (SSSR count). The first-order valence-corrected chi connectivity index (χ1v) is 7.83. The molecule has 3 amide bonds. The summed E-state index contributed by atoms with van der Waals surface area (Å²) >= 11 is 4.72.